The predicted octanol–water partition coefficient (Wildman–Crippen LogP) is 2.45. The highest BCUT2D eigenvalue weighted by atomic mass is 16.6. The van der Waals surface area contributed by atoms with Crippen LogP contribution in [0, 0.1) is 17.0 Å². The molecule has 0 fully saturated rings. The molecule has 1 heterocycles. The average molecular weight is 261 g/mol. The fourth-order valence-electron chi connectivity index (χ4n) is 1.89. The first-order chi connectivity index (χ1) is 9.13. The lowest BCUT2D eigenvalue weighted by atomic mass is 10.1. The van der Waals surface area contributed by atoms with Crippen molar-refractivity contribution in [3.05, 3.63) is 46.0 Å². The van der Waals surface area contributed by atoms with Gasteiger partial charge in [-0.05, 0) is 19.9 Å². The first kappa shape index (κ1) is 13.2. The fourth-order valence-corrected chi connectivity index (χ4v) is 1.89. The third-order valence-electron chi connectivity index (χ3n) is 2.92. The van der Waals surface area contributed by atoms with Gasteiger partial charge in [0.15, 0.2) is 11.7 Å². The van der Waals surface area contributed by atoms with E-state index in [1.54, 1.807) is 25.3 Å². The molecule has 0 aliphatic rings. The number of oxazole rings is 1. The summed E-state index contributed by atoms with van der Waals surface area (Å²) in [6.07, 6.45) is 3.07. The molecule has 0 radical (unpaired) electrons. The van der Waals surface area contributed by atoms with Gasteiger partial charge in [0.05, 0.1) is 11.1 Å². The quantitative estimate of drug-likeness (QED) is 0.658. The highest BCUT2D eigenvalue weighted by molar-refractivity contribution is 5.66. The van der Waals surface area contributed by atoms with Gasteiger partial charge < -0.3 is 10.2 Å². The van der Waals surface area contributed by atoms with Gasteiger partial charge >= 0.3 is 0 Å². The summed E-state index contributed by atoms with van der Waals surface area (Å²) in [7, 11) is 0. The van der Waals surface area contributed by atoms with Crippen molar-refractivity contribution >= 4 is 5.69 Å². The number of nitrogens with two attached hydrogens (primary N) is 1. The van der Waals surface area contributed by atoms with Crippen molar-refractivity contribution in [3.63, 3.8) is 0 Å². The molecule has 6 heteroatoms. The standard InChI is InChI=1S/C13H15N3O3/c1-9-10(4-2-5-11(9)16(17)18)12-8-15-13(19-12)6-3-7-14/h2,4-5,8H,3,6-7,14H2,1H3. The first-order valence-electron chi connectivity index (χ1n) is 6.02. The maximum absolute atomic E-state index is 10.9. The van der Waals surface area contributed by atoms with Crippen LogP contribution in [0.5, 0.6) is 0 Å². The van der Waals surface area contributed by atoms with Crippen LogP contribution in [0.3, 0.4) is 0 Å². The summed E-state index contributed by atoms with van der Waals surface area (Å²) in [6, 6.07) is 4.91. The molecule has 6 nitrogen and oxygen atoms in total. The Morgan fingerprint density at radius 2 is 2.26 bits per heavy atom. The molecule has 0 unspecified atom stereocenters. The molecule has 100 valence electrons. The zero-order chi connectivity index (χ0) is 13.8. The molecule has 0 bridgehead atoms. The van der Waals surface area contributed by atoms with Gasteiger partial charge in [-0.3, -0.25) is 10.1 Å². The van der Waals surface area contributed by atoms with E-state index in [1.807, 2.05) is 0 Å². The van der Waals surface area contributed by atoms with Gasteiger partial charge in [-0.25, -0.2) is 4.98 Å². The van der Waals surface area contributed by atoms with Crippen molar-refractivity contribution in [1.29, 1.82) is 0 Å². The molecule has 2 rings (SSSR count). The summed E-state index contributed by atoms with van der Waals surface area (Å²) in [5.74, 6) is 1.15. The molecule has 0 atom stereocenters. The second-order valence-corrected chi connectivity index (χ2v) is 4.22. The second-order valence-electron chi connectivity index (χ2n) is 4.22. The smallest absolute Gasteiger partial charge is 0.273 e. The van der Waals surface area contributed by atoms with Crippen LogP contribution in [0.4, 0.5) is 5.69 Å². The number of nitrogens with zero attached hydrogens (tertiary/aromatic N) is 2. The maximum Gasteiger partial charge on any atom is 0.273 e. The predicted molar refractivity (Wildman–Crippen MR) is 70.7 cm³/mol. The molecule has 0 saturated carbocycles. The minimum absolute atomic E-state index is 0.0809. The van der Waals surface area contributed by atoms with Crippen molar-refractivity contribution in [2.45, 2.75) is 19.8 Å². The lowest BCUT2D eigenvalue weighted by Crippen LogP contribution is -2.00. The maximum atomic E-state index is 10.9. The highest BCUT2D eigenvalue weighted by Crippen LogP contribution is 2.30. The van der Waals surface area contributed by atoms with Gasteiger partial charge in [-0.15, -0.1) is 0 Å². The van der Waals surface area contributed by atoms with Gasteiger partial charge in [-0.2, -0.15) is 0 Å². The van der Waals surface area contributed by atoms with Crippen LogP contribution in [0.1, 0.15) is 17.9 Å². The zero-order valence-electron chi connectivity index (χ0n) is 10.6. The lowest BCUT2D eigenvalue weighted by Gasteiger charge is -2.02. The van der Waals surface area contributed by atoms with Crippen molar-refractivity contribution in [1.82, 2.24) is 4.98 Å². The number of aromatic nitrogens is 1. The summed E-state index contributed by atoms with van der Waals surface area (Å²) >= 11 is 0. The molecule has 1 aromatic carbocycles. The van der Waals surface area contributed by atoms with Gasteiger partial charge in [0.1, 0.15) is 0 Å². The van der Waals surface area contributed by atoms with E-state index in [4.69, 9.17) is 10.2 Å². The molecular formula is C13H15N3O3. The number of hydrogen-bond acceptors (Lipinski definition) is 5. The summed E-state index contributed by atoms with van der Waals surface area (Å²) in [5, 5.41) is 10.9. The Kier molecular flexibility index (Phi) is 3.91. The normalized spacial score (nSPS) is 10.6. The highest BCUT2D eigenvalue weighted by Gasteiger charge is 2.16. The van der Waals surface area contributed by atoms with Crippen LogP contribution in [-0.4, -0.2) is 16.5 Å². The first-order valence-corrected chi connectivity index (χ1v) is 6.02. The van der Waals surface area contributed by atoms with E-state index < -0.39 is 4.92 Å². The van der Waals surface area contributed by atoms with Gasteiger partial charge in [0.25, 0.3) is 5.69 Å². The van der Waals surface area contributed by atoms with Crippen molar-refractivity contribution in [2.75, 3.05) is 6.54 Å². The monoisotopic (exact) mass is 261 g/mol. The number of hydrogen-bond donors (Lipinski definition) is 1. The van der Waals surface area contributed by atoms with E-state index in [-0.39, 0.29) is 5.69 Å². The molecule has 2 aromatic rings. The minimum Gasteiger partial charge on any atom is -0.441 e. The van der Waals surface area contributed by atoms with E-state index in [9.17, 15) is 10.1 Å². The number of nitro groups is 1. The van der Waals surface area contributed by atoms with Gasteiger partial charge in [-0.1, -0.05) is 12.1 Å². The van der Waals surface area contributed by atoms with Crippen molar-refractivity contribution in [2.24, 2.45) is 5.73 Å². The van der Waals surface area contributed by atoms with E-state index in [2.05, 4.69) is 4.98 Å². The Bertz CT molecular complexity index is 593. The van der Waals surface area contributed by atoms with Gasteiger partial charge in [0, 0.05) is 23.6 Å². The Morgan fingerprint density at radius 1 is 1.47 bits per heavy atom. The van der Waals surface area contributed by atoms with Crippen LogP contribution in [0.2, 0.25) is 0 Å². The molecule has 2 N–H and O–H groups in total. The summed E-state index contributed by atoms with van der Waals surface area (Å²) in [4.78, 5) is 14.7. The molecule has 0 aliphatic heterocycles. The Labute approximate surface area is 110 Å². The van der Waals surface area contributed by atoms with Crippen LogP contribution in [-0.2, 0) is 6.42 Å². The van der Waals surface area contributed by atoms with Crippen molar-refractivity contribution in [3.8, 4) is 11.3 Å². The second kappa shape index (κ2) is 5.62. The zero-order valence-corrected chi connectivity index (χ0v) is 10.6. The molecule has 0 aliphatic carbocycles. The van der Waals surface area contributed by atoms with E-state index in [1.165, 1.54) is 6.07 Å². The van der Waals surface area contributed by atoms with Gasteiger partial charge in [0.2, 0.25) is 0 Å². The Hall–Kier alpha value is -2.21. The van der Waals surface area contributed by atoms with Crippen LogP contribution in [0.15, 0.2) is 28.8 Å². The topological polar surface area (TPSA) is 95.2 Å². The lowest BCUT2D eigenvalue weighted by molar-refractivity contribution is -0.385. The summed E-state index contributed by atoms with van der Waals surface area (Å²) < 4.78 is 5.60. The molecule has 19 heavy (non-hydrogen) atoms. The van der Waals surface area contributed by atoms with E-state index in [0.29, 0.717) is 35.7 Å². The SMILES string of the molecule is Cc1c(-c2cnc(CCCN)o2)cccc1[N+](=O)[O-]. The number of rotatable bonds is 5. The van der Waals surface area contributed by atoms with Crippen LogP contribution in [0.25, 0.3) is 11.3 Å². The molecule has 0 spiro atoms. The summed E-state index contributed by atoms with van der Waals surface area (Å²) in [5.41, 5.74) is 6.78. The van der Waals surface area contributed by atoms with Crippen LogP contribution < -0.4 is 5.73 Å². The molecule has 0 amide bonds. The Morgan fingerprint density at radius 3 is 2.95 bits per heavy atom. The third-order valence-corrected chi connectivity index (χ3v) is 2.92. The average Bonchev–Trinajstić information content (AvgIpc) is 2.84. The number of aryl methyl sites for hydroxylation is 1. The third kappa shape index (κ3) is 2.79. The minimum atomic E-state index is -0.398. The molecule has 0 saturated heterocycles. The van der Waals surface area contributed by atoms with Crippen molar-refractivity contribution < 1.29 is 9.34 Å². The fraction of sp³-hybridized carbons (Fsp3) is 0.308. The summed E-state index contributed by atoms with van der Waals surface area (Å²) in [6.45, 7) is 2.28. The van der Waals surface area contributed by atoms with E-state index in [0.717, 1.165) is 6.42 Å². The van der Waals surface area contributed by atoms with Crippen LogP contribution >= 0.6 is 0 Å². The number of benzene rings is 1. The molecule has 1 aromatic heterocycles. The van der Waals surface area contributed by atoms with E-state index >= 15 is 0 Å². The Balaban J connectivity index is 2.34. The molecular weight excluding hydrogens is 246 g/mol. The largest absolute Gasteiger partial charge is 0.441 e. The number of nitro benzene ring substituents is 1.